The van der Waals surface area contributed by atoms with Gasteiger partial charge in [-0.3, -0.25) is 5.10 Å². The summed E-state index contributed by atoms with van der Waals surface area (Å²) >= 11 is 0. The molecular formula is C16H16FN5. The van der Waals surface area contributed by atoms with Crippen molar-refractivity contribution in [3.05, 3.63) is 77.6 Å². The Bertz CT molecular complexity index is 724. The van der Waals surface area contributed by atoms with E-state index in [0.29, 0.717) is 18.2 Å². The highest BCUT2D eigenvalue weighted by molar-refractivity contribution is 5.42. The highest BCUT2D eigenvalue weighted by Crippen LogP contribution is 2.16. The van der Waals surface area contributed by atoms with E-state index >= 15 is 0 Å². The van der Waals surface area contributed by atoms with Crippen molar-refractivity contribution in [1.29, 1.82) is 0 Å². The molecule has 0 aliphatic carbocycles. The number of rotatable bonds is 5. The van der Waals surface area contributed by atoms with Crippen LogP contribution < -0.4 is 11.1 Å². The third kappa shape index (κ3) is 3.29. The predicted octanol–water partition coefficient (Wildman–Crippen LogP) is 2.60. The third-order valence-electron chi connectivity index (χ3n) is 3.29. The first-order chi connectivity index (χ1) is 10.7. The first kappa shape index (κ1) is 14.2. The molecule has 0 unspecified atom stereocenters. The maximum atomic E-state index is 12.9. The lowest BCUT2D eigenvalue weighted by Crippen LogP contribution is -2.13. The van der Waals surface area contributed by atoms with Gasteiger partial charge in [-0.05, 0) is 29.8 Å². The van der Waals surface area contributed by atoms with Crippen molar-refractivity contribution < 1.29 is 4.39 Å². The number of nitrogens with two attached hydrogens (primary N) is 1. The van der Waals surface area contributed by atoms with Crippen LogP contribution in [-0.2, 0) is 6.54 Å². The molecule has 0 saturated heterocycles. The van der Waals surface area contributed by atoms with Gasteiger partial charge in [0.05, 0.1) is 12.6 Å². The van der Waals surface area contributed by atoms with Crippen molar-refractivity contribution >= 4 is 5.69 Å². The van der Waals surface area contributed by atoms with Crippen molar-refractivity contribution in [2.75, 3.05) is 5.32 Å². The Balaban J connectivity index is 1.66. The minimum atomic E-state index is -0.484. The lowest BCUT2D eigenvalue weighted by Gasteiger charge is -2.07. The summed E-state index contributed by atoms with van der Waals surface area (Å²) in [6.45, 7) is 0.521. The van der Waals surface area contributed by atoms with Crippen LogP contribution in [0.4, 0.5) is 10.1 Å². The second-order valence-electron chi connectivity index (χ2n) is 4.89. The SMILES string of the molecule is N[C@@H](c1ccc(F)cc1)c1n[nH]c(CNc2ccccc2)n1. The van der Waals surface area contributed by atoms with E-state index in [2.05, 4.69) is 20.5 Å². The van der Waals surface area contributed by atoms with Crippen LogP contribution >= 0.6 is 0 Å². The van der Waals surface area contributed by atoms with Gasteiger partial charge in [0.1, 0.15) is 11.6 Å². The molecule has 0 radical (unpaired) electrons. The largest absolute Gasteiger partial charge is 0.378 e. The summed E-state index contributed by atoms with van der Waals surface area (Å²) in [7, 11) is 0. The molecule has 3 aromatic rings. The Labute approximate surface area is 127 Å². The molecule has 0 saturated carbocycles. The average molecular weight is 297 g/mol. The van der Waals surface area contributed by atoms with Crippen LogP contribution in [0.15, 0.2) is 54.6 Å². The zero-order chi connectivity index (χ0) is 15.4. The summed E-state index contributed by atoms with van der Waals surface area (Å²) in [6.07, 6.45) is 0. The third-order valence-corrected chi connectivity index (χ3v) is 3.29. The number of benzene rings is 2. The number of hydrogen-bond acceptors (Lipinski definition) is 4. The molecule has 0 bridgehead atoms. The molecule has 2 aromatic carbocycles. The summed E-state index contributed by atoms with van der Waals surface area (Å²) in [4.78, 5) is 4.38. The van der Waals surface area contributed by atoms with E-state index in [0.717, 1.165) is 11.3 Å². The number of aromatic amines is 1. The number of para-hydroxylation sites is 1. The molecule has 1 atom stereocenters. The van der Waals surface area contributed by atoms with Crippen LogP contribution in [0, 0.1) is 5.82 Å². The Morgan fingerprint density at radius 1 is 1.09 bits per heavy atom. The van der Waals surface area contributed by atoms with Crippen molar-refractivity contribution in [1.82, 2.24) is 15.2 Å². The molecule has 0 fully saturated rings. The molecule has 0 aliphatic heterocycles. The van der Waals surface area contributed by atoms with E-state index in [9.17, 15) is 4.39 Å². The highest BCUT2D eigenvalue weighted by atomic mass is 19.1. The lowest BCUT2D eigenvalue weighted by molar-refractivity contribution is 0.626. The second kappa shape index (κ2) is 6.36. The zero-order valence-corrected chi connectivity index (χ0v) is 11.8. The van der Waals surface area contributed by atoms with Crippen molar-refractivity contribution in [2.45, 2.75) is 12.6 Å². The molecule has 22 heavy (non-hydrogen) atoms. The number of anilines is 1. The summed E-state index contributed by atoms with van der Waals surface area (Å²) < 4.78 is 12.9. The topological polar surface area (TPSA) is 79.6 Å². The van der Waals surface area contributed by atoms with Gasteiger partial charge in [0, 0.05) is 5.69 Å². The maximum absolute atomic E-state index is 12.9. The summed E-state index contributed by atoms with van der Waals surface area (Å²) in [5, 5.41) is 10.2. The first-order valence-electron chi connectivity index (χ1n) is 6.93. The van der Waals surface area contributed by atoms with E-state index in [4.69, 9.17) is 5.73 Å². The summed E-state index contributed by atoms with van der Waals surface area (Å²) in [5.74, 6) is 0.881. The fourth-order valence-corrected chi connectivity index (χ4v) is 2.09. The van der Waals surface area contributed by atoms with Crippen LogP contribution in [-0.4, -0.2) is 15.2 Å². The Morgan fingerprint density at radius 3 is 2.55 bits per heavy atom. The van der Waals surface area contributed by atoms with Crippen LogP contribution in [0.5, 0.6) is 0 Å². The number of nitrogens with one attached hydrogen (secondary N) is 2. The van der Waals surface area contributed by atoms with E-state index in [1.165, 1.54) is 12.1 Å². The van der Waals surface area contributed by atoms with Gasteiger partial charge >= 0.3 is 0 Å². The van der Waals surface area contributed by atoms with Gasteiger partial charge in [0.15, 0.2) is 5.82 Å². The standard InChI is InChI=1S/C16H16FN5/c17-12-8-6-11(7-9-12)15(18)16-20-14(21-22-16)10-19-13-4-2-1-3-5-13/h1-9,15,19H,10,18H2,(H,20,21,22)/t15-/m0/s1. The van der Waals surface area contributed by atoms with Gasteiger partial charge in [-0.15, -0.1) is 0 Å². The zero-order valence-electron chi connectivity index (χ0n) is 11.8. The Kier molecular flexibility index (Phi) is 4.11. The Morgan fingerprint density at radius 2 is 1.82 bits per heavy atom. The molecule has 1 aromatic heterocycles. The van der Waals surface area contributed by atoms with Crippen LogP contribution in [0.25, 0.3) is 0 Å². The van der Waals surface area contributed by atoms with Gasteiger partial charge < -0.3 is 11.1 Å². The molecular weight excluding hydrogens is 281 g/mol. The quantitative estimate of drug-likeness (QED) is 0.676. The van der Waals surface area contributed by atoms with E-state index < -0.39 is 6.04 Å². The van der Waals surface area contributed by atoms with Gasteiger partial charge in [0.25, 0.3) is 0 Å². The lowest BCUT2D eigenvalue weighted by atomic mass is 10.1. The molecule has 1 heterocycles. The normalized spacial score (nSPS) is 12.1. The minimum absolute atomic E-state index is 0.293. The number of H-pyrrole nitrogens is 1. The molecule has 0 aliphatic rings. The summed E-state index contributed by atoms with van der Waals surface area (Å²) in [6, 6.07) is 15.4. The van der Waals surface area contributed by atoms with Crippen LogP contribution in [0.1, 0.15) is 23.3 Å². The van der Waals surface area contributed by atoms with Crippen molar-refractivity contribution in [3.8, 4) is 0 Å². The van der Waals surface area contributed by atoms with E-state index in [-0.39, 0.29) is 5.82 Å². The number of aromatic nitrogens is 3. The first-order valence-corrected chi connectivity index (χ1v) is 6.93. The van der Waals surface area contributed by atoms with Crippen molar-refractivity contribution in [3.63, 3.8) is 0 Å². The van der Waals surface area contributed by atoms with Gasteiger partial charge in [-0.1, -0.05) is 30.3 Å². The number of halogens is 1. The Hall–Kier alpha value is -2.73. The molecule has 0 spiro atoms. The molecule has 6 heteroatoms. The van der Waals surface area contributed by atoms with Crippen molar-refractivity contribution in [2.24, 2.45) is 5.73 Å². The molecule has 4 N–H and O–H groups in total. The van der Waals surface area contributed by atoms with Crippen LogP contribution in [0.3, 0.4) is 0 Å². The van der Waals surface area contributed by atoms with Gasteiger partial charge in [0.2, 0.25) is 0 Å². The number of hydrogen-bond donors (Lipinski definition) is 3. The molecule has 112 valence electrons. The molecule has 5 nitrogen and oxygen atoms in total. The smallest absolute Gasteiger partial charge is 0.171 e. The molecule has 0 amide bonds. The van der Waals surface area contributed by atoms with E-state index in [1.807, 2.05) is 30.3 Å². The second-order valence-corrected chi connectivity index (χ2v) is 4.89. The van der Waals surface area contributed by atoms with E-state index in [1.54, 1.807) is 12.1 Å². The molecule has 3 rings (SSSR count). The fourth-order valence-electron chi connectivity index (χ4n) is 2.09. The van der Waals surface area contributed by atoms with Gasteiger partial charge in [-0.2, -0.15) is 5.10 Å². The number of nitrogens with zero attached hydrogens (tertiary/aromatic N) is 2. The average Bonchev–Trinajstić information content (AvgIpc) is 3.03. The monoisotopic (exact) mass is 297 g/mol. The minimum Gasteiger partial charge on any atom is -0.378 e. The summed E-state index contributed by atoms with van der Waals surface area (Å²) in [5.41, 5.74) is 7.87. The highest BCUT2D eigenvalue weighted by Gasteiger charge is 2.14. The fraction of sp³-hybridized carbons (Fsp3) is 0.125. The van der Waals surface area contributed by atoms with Gasteiger partial charge in [-0.25, -0.2) is 9.37 Å². The maximum Gasteiger partial charge on any atom is 0.171 e. The van der Waals surface area contributed by atoms with Crippen LogP contribution in [0.2, 0.25) is 0 Å². The predicted molar refractivity (Wildman–Crippen MR) is 82.6 cm³/mol.